The molecule has 0 spiro atoms. The Morgan fingerprint density at radius 3 is 2.09 bits per heavy atom. The number of ether oxygens (including phenoxy) is 3. The fraction of sp³-hybridized carbons (Fsp3) is 0.919. The lowest BCUT2D eigenvalue weighted by molar-refractivity contribution is -0.408. The molecule has 3 amide bonds. The van der Waals surface area contributed by atoms with E-state index in [2.05, 4.69) is 16.0 Å². The normalized spacial score (nSPS) is 48.1. The van der Waals surface area contributed by atoms with Crippen LogP contribution < -0.4 is 16.0 Å². The molecule has 5 unspecified atom stereocenters. The topological polar surface area (TPSA) is 236 Å². The second-order valence-corrected chi connectivity index (χ2v) is 19.4. The fourth-order valence-corrected chi connectivity index (χ4v) is 11.2. The molecule has 9 N–H and O–H groups in total. The summed E-state index contributed by atoms with van der Waals surface area (Å²) in [4.78, 5) is 37.8. The van der Waals surface area contributed by atoms with Crippen LogP contribution in [0.1, 0.15) is 101 Å². The zero-order chi connectivity index (χ0) is 40.3. The predicted octanol–water partition coefficient (Wildman–Crippen LogP) is 0.736. The molecule has 15 nitrogen and oxygen atoms in total. The van der Waals surface area contributed by atoms with E-state index in [1.165, 1.54) is 41.5 Å². The molecular weight excluding hydrogens is 710 g/mol. The lowest BCUT2D eigenvalue weighted by Crippen LogP contribution is -2.85. The molecule has 3 saturated heterocycles. The fourth-order valence-electron chi connectivity index (χ4n) is 9.69. The van der Waals surface area contributed by atoms with Gasteiger partial charge in [0, 0.05) is 40.6 Å². The summed E-state index contributed by atoms with van der Waals surface area (Å²) in [6, 6.07) is 0.0785. The number of rotatable bonds is 14. The third-order valence-electron chi connectivity index (χ3n) is 14.3. The van der Waals surface area contributed by atoms with Crippen LogP contribution in [-0.2, 0) is 23.8 Å². The standard InChI is InChI=1S/C37H65N3O12S/c1-22(43)40-34(7)30(3,19-51-25(44)14-12-11-13-24-26-23(15-53-24)38-28(46)39-26)16-29(2,17-41)27(45)31(34,4)20-50-21-33(6)36(9,48)37(10,49)35(8,47)32(5,18-42)52-33/h23-24,26-27,41-42,45,47-49H,11-21H2,1-10H3,(H,40,43)(H2,38,39,46)/t23-,24?,26-,27+,29?,30-,31+,32?,33-,34?,35-,36?,37+/m0/s1. The van der Waals surface area contributed by atoms with Gasteiger partial charge in [-0.05, 0) is 60.8 Å². The van der Waals surface area contributed by atoms with Crippen molar-refractivity contribution in [3.05, 3.63) is 0 Å². The van der Waals surface area contributed by atoms with Gasteiger partial charge in [0.05, 0.1) is 56.8 Å². The van der Waals surface area contributed by atoms with Crippen molar-refractivity contribution in [3.63, 3.8) is 0 Å². The summed E-state index contributed by atoms with van der Waals surface area (Å²) >= 11 is 1.81. The van der Waals surface area contributed by atoms with Gasteiger partial charge < -0.3 is 60.8 Å². The van der Waals surface area contributed by atoms with Crippen molar-refractivity contribution in [3.8, 4) is 0 Å². The van der Waals surface area contributed by atoms with E-state index in [9.17, 15) is 45.0 Å². The van der Waals surface area contributed by atoms with Gasteiger partial charge in [0.1, 0.15) is 28.0 Å². The maximum Gasteiger partial charge on any atom is 0.315 e. The monoisotopic (exact) mass is 775 g/mol. The number of fused-ring (bicyclic) bond motifs is 1. The highest BCUT2D eigenvalue weighted by Crippen LogP contribution is 2.61. The Balaban J connectivity index is 1.52. The molecule has 4 aliphatic rings. The number of aliphatic hydroxyl groups is 6. The lowest BCUT2D eigenvalue weighted by atomic mass is 9.44. The number of carbonyl (C=O) groups excluding carboxylic acids is 3. The van der Waals surface area contributed by atoms with E-state index in [1.807, 2.05) is 18.7 Å². The van der Waals surface area contributed by atoms with Crippen LogP contribution in [0, 0.1) is 16.2 Å². The average Bonchev–Trinajstić information content (AvgIpc) is 3.62. The van der Waals surface area contributed by atoms with Crippen LogP contribution in [-0.4, -0.2) is 144 Å². The first-order chi connectivity index (χ1) is 24.2. The molecule has 306 valence electrons. The molecule has 1 saturated carbocycles. The predicted molar refractivity (Wildman–Crippen MR) is 197 cm³/mol. The third-order valence-corrected chi connectivity index (χ3v) is 15.8. The first-order valence-corrected chi connectivity index (χ1v) is 19.7. The van der Waals surface area contributed by atoms with Crippen LogP contribution in [0.4, 0.5) is 4.79 Å². The molecule has 0 aromatic carbocycles. The summed E-state index contributed by atoms with van der Waals surface area (Å²) in [6.07, 6.45) is 1.29. The molecule has 0 radical (unpaired) electrons. The van der Waals surface area contributed by atoms with Gasteiger partial charge in [-0.3, -0.25) is 9.59 Å². The maximum absolute atomic E-state index is 13.2. The van der Waals surface area contributed by atoms with Crippen LogP contribution in [0.15, 0.2) is 0 Å². The van der Waals surface area contributed by atoms with Crippen molar-refractivity contribution in [1.29, 1.82) is 0 Å². The highest BCUT2D eigenvalue weighted by Gasteiger charge is 2.74. The maximum atomic E-state index is 13.2. The minimum atomic E-state index is -2.20. The van der Waals surface area contributed by atoms with E-state index < -0.39 is 81.0 Å². The van der Waals surface area contributed by atoms with Crippen molar-refractivity contribution in [2.24, 2.45) is 16.2 Å². The number of amides is 3. The van der Waals surface area contributed by atoms with Gasteiger partial charge in [-0.2, -0.15) is 11.8 Å². The number of hydrogen-bond donors (Lipinski definition) is 9. The number of urea groups is 1. The highest BCUT2D eigenvalue weighted by atomic mass is 32.2. The van der Waals surface area contributed by atoms with E-state index in [0.717, 1.165) is 18.6 Å². The number of aliphatic hydroxyl groups excluding tert-OH is 3. The Hall–Kier alpha value is -1.76. The van der Waals surface area contributed by atoms with E-state index in [4.69, 9.17) is 14.2 Å². The van der Waals surface area contributed by atoms with Crippen LogP contribution >= 0.6 is 11.8 Å². The third kappa shape index (κ3) is 7.00. The van der Waals surface area contributed by atoms with Crippen LogP contribution in [0.5, 0.6) is 0 Å². The largest absolute Gasteiger partial charge is 0.465 e. The zero-order valence-electron chi connectivity index (χ0n) is 33.1. The Kier molecular flexibility index (Phi) is 12.1. The number of unbranched alkanes of at least 4 members (excludes halogenated alkanes) is 1. The number of esters is 1. The molecular formula is C37H65N3O12S. The zero-order valence-corrected chi connectivity index (χ0v) is 33.9. The molecule has 0 bridgehead atoms. The van der Waals surface area contributed by atoms with Crippen molar-refractivity contribution in [2.45, 2.75) is 158 Å². The SMILES string of the molecule is CC(=O)NC1(C)[C@](C)(COC(=O)CCCCC2SC[C@@H]3NC(=O)N[C@H]23)CC(C)(CO)[C@@H](O)[C@@]1(C)COC[C@]1(C)OC(C)(CO)[C@](C)(O)[C@@](C)(O)C1(C)O. The quantitative estimate of drug-likeness (QED) is 0.0674. The number of thioether (sulfide) groups is 1. The highest BCUT2D eigenvalue weighted by molar-refractivity contribution is 8.00. The molecule has 3 aliphatic heterocycles. The van der Waals surface area contributed by atoms with Gasteiger partial charge in [0.15, 0.2) is 0 Å². The Morgan fingerprint density at radius 2 is 1.51 bits per heavy atom. The van der Waals surface area contributed by atoms with Crippen molar-refractivity contribution in [1.82, 2.24) is 16.0 Å². The summed E-state index contributed by atoms with van der Waals surface area (Å²) < 4.78 is 18.4. The second-order valence-electron chi connectivity index (χ2n) is 18.1. The molecule has 4 rings (SSSR count). The first kappa shape index (κ1) is 44.0. The van der Waals surface area contributed by atoms with Gasteiger partial charge in [-0.25, -0.2) is 4.79 Å². The van der Waals surface area contributed by atoms with E-state index in [1.54, 1.807) is 20.8 Å². The molecule has 1 aliphatic carbocycles. The smallest absolute Gasteiger partial charge is 0.315 e. The summed E-state index contributed by atoms with van der Waals surface area (Å²) in [7, 11) is 0. The first-order valence-electron chi connectivity index (χ1n) is 18.6. The average molecular weight is 776 g/mol. The Morgan fingerprint density at radius 1 is 0.887 bits per heavy atom. The van der Waals surface area contributed by atoms with Gasteiger partial charge in [-0.1, -0.05) is 27.2 Å². The number of nitrogens with one attached hydrogen (secondary N) is 3. The summed E-state index contributed by atoms with van der Waals surface area (Å²) in [5.74, 6) is 0.0351. The van der Waals surface area contributed by atoms with E-state index in [-0.39, 0.29) is 56.0 Å². The molecule has 3 heterocycles. The van der Waals surface area contributed by atoms with Crippen molar-refractivity contribution >= 4 is 29.7 Å². The number of carbonyl (C=O) groups is 3. The van der Waals surface area contributed by atoms with E-state index >= 15 is 0 Å². The molecule has 0 aromatic heterocycles. The summed E-state index contributed by atoms with van der Waals surface area (Å²) in [6.45, 7) is 13.3. The molecule has 16 heteroatoms. The van der Waals surface area contributed by atoms with Gasteiger partial charge in [0.25, 0.3) is 0 Å². The number of hydrogen-bond acceptors (Lipinski definition) is 13. The Labute approximate surface area is 317 Å². The second kappa shape index (κ2) is 14.6. The molecule has 53 heavy (non-hydrogen) atoms. The Bertz CT molecular complexity index is 1400. The molecule has 4 fully saturated rings. The molecule has 0 aromatic rings. The lowest BCUT2D eigenvalue weighted by Gasteiger charge is -2.67. The summed E-state index contributed by atoms with van der Waals surface area (Å²) in [5.41, 5.74) is -14.7. The van der Waals surface area contributed by atoms with Crippen LogP contribution in [0.25, 0.3) is 0 Å². The van der Waals surface area contributed by atoms with Crippen molar-refractivity contribution in [2.75, 3.05) is 38.8 Å². The minimum Gasteiger partial charge on any atom is -0.465 e. The van der Waals surface area contributed by atoms with Crippen LogP contribution in [0.3, 0.4) is 0 Å². The minimum absolute atomic E-state index is 0.0878. The molecule has 13 atom stereocenters. The van der Waals surface area contributed by atoms with Gasteiger partial charge >= 0.3 is 12.0 Å². The summed E-state index contributed by atoms with van der Waals surface area (Å²) in [5, 5.41) is 77.0. The van der Waals surface area contributed by atoms with Crippen molar-refractivity contribution < 1.29 is 59.2 Å². The van der Waals surface area contributed by atoms with Crippen LogP contribution in [0.2, 0.25) is 0 Å². The van der Waals surface area contributed by atoms with E-state index in [0.29, 0.717) is 6.42 Å². The van der Waals surface area contributed by atoms with Gasteiger partial charge in [0.2, 0.25) is 5.91 Å². The van der Waals surface area contributed by atoms with Gasteiger partial charge in [-0.15, -0.1) is 0 Å².